The van der Waals surface area contributed by atoms with Gasteiger partial charge in [0.1, 0.15) is 11.6 Å². The van der Waals surface area contributed by atoms with Crippen molar-refractivity contribution in [3.8, 4) is 0 Å². The number of hydrogen-bond donors (Lipinski definition) is 1. The van der Waals surface area contributed by atoms with Gasteiger partial charge in [-0.2, -0.15) is 0 Å². The fourth-order valence-electron chi connectivity index (χ4n) is 2.28. The minimum atomic E-state index is -0.704. The maximum absolute atomic E-state index is 12.1. The zero-order valence-corrected chi connectivity index (χ0v) is 14.1. The van der Waals surface area contributed by atoms with Gasteiger partial charge in [-0.1, -0.05) is 40.5 Å². The van der Waals surface area contributed by atoms with Gasteiger partial charge < -0.3 is 16.4 Å². The van der Waals surface area contributed by atoms with Gasteiger partial charge in [-0.15, -0.1) is 0 Å². The molecule has 0 aliphatic rings. The van der Waals surface area contributed by atoms with Crippen LogP contribution in [0, 0.1) is 10.8 Å². The fraction of sp³-hybridized carbons (Fsp3) is 0.875. The van der Waals surface area contributed by atoms with E-state index in [9.17, 15) is 15.1 Å². The van der Waals surface area contributed by atoms with Gasteiger partial charge in [0, 0.05) is 23.3 Å². The van der Waals surface area contributed by atoms with Crippen molar-refractivity contribution in [2.24, 2.45) is 21.7 Å². The quantitative estimate of drug-likeness (QED) is 0.467. The van der Waals surface area contributed by atoms with E-state index in [1.54, 1.807) is 20.8 Å². The Kier molecular flexibility index (Phi) is 7.93. The van der Waals surface area contributed by atoms with Crippen molar-refractivity contribution < 1.29 is 9.59 Å². The van der Waals surface area contributed by atoms with Crippen molar-refractivity contribution in [1.29, 1.82) is 0 Å². The predicted molar refractivity (Wildman–Crippen MR) is 85.0 cm³/mol. The van der Waals surface area contributed by atoms with Gasteiger partial charge in [0.05, 0.1) is 0 Å². The highest BCUT2D eigenvalue weighted by molar-refractivity contribution is 5.85. The molecule has 0 aromatic heterocycles. The number of carbonyl (C=O) groups excluding carboxylic acids is 2. The summed E-state index contributed by atoms with van der Waals surface area (Å²) in [5.41, 5.74) is 13.6. The van der Waals surface area contributed by atoms with Crippen LogP contribution in [0.2, 0.25) is 0 Å². The Morgan fingerprint density at radius 3 is 2.19 bits per heavy atom. The molecule has 0 bridgehead atoms. The summed E-state index contributed by atoms with van der Waals surface area (Å²) in [5.74, 6) is 0.209. The molecule has 0 saturated carbocycles. The first-order valence-corrected chi connectivity index (χ1v) is 7.68. The molecule has 0 radical (unpaired) electrons. The molecular formula is C16H30N3O2-. The lowest BCUT2D eigenvalue weighted by Gasteiger charge is -2.32. The average molecular weight is 296 g/mol. The van der Waals surface area contributed by atoms with Gasteiger partial charge in [-0.3, -0.25) is 9.59 Å². The molecule has 0 aliphatic heterocycles. The van der Waals surface area contributed by atoms with Crippen molar-refractivity contribution in [2.45, 2.75) is 72.8 Å². The van der Waals surface area contributed by atoms with Crippen LogP contribution in [0.1, 0.15) is 66.7 Å². The maximum Gasteiger partial charge on any atom is 0.141 e. The fourth-order valence-corrected chi connectivity index (χ4v) is 2.28. The van der Waals surface area contributed by atoms with Crippen LogP contribution in [0.15, 0.2) is 5.11 Å². The van der Waals surface area contributed by atoms with E-state index in [-0.39, 0.29) is 17.0 Å². The van der Waals surface area contributed by atoms with Crippen LogP contribution in [-0.4, -0.2) is 24.2 Å². The van der Waals surface area contributed by atoms with Crippen LogP contribution in [0.4, 0.5) is 0 Å². The monoisotopic (exact) mass is 296 g/mol. The minimum Gasteiger partial charge on any atom is -0.712 e. The molecule has 2 N–H and O–H groups in total. The molecule has 5 nitrogen and oxygen atoms in total. The first kappa shape index (κ1) is 19.9. The number of carbonyl (C=O) groups is 2. The molecular weight excluding hydrogens is 266 g/mol. The van der Waals surface area contributed by atoms with E-state index in [1.165, 1.54) is 0 Å². The molecule has 1 unspecified atom stereocenters. The van der Waals surface area contributed by atoms with Crippen LogP contribution < -0.4 is 5.73 Å². The predicted octanol–water partition coefficient (Wildman–Crippen LogP) is 3.50. The standard InChI is InChI=1S/C16H30N3O2/c1-12(20)15(2,3)10-7-6-8-13(19-18)16(4,5)14(21)9-11-17/h13H,6-11,17H2,1-5H3/q-1. The van der Waals surface area contributed by atoms with Crippen LogP contribution >= 0.6 is 0 Å². The number of rotatable bonds is 11. The molecule has 0 amide bonds. The summed E-state index contributed by atoms with van der Waals surface area (Å²) < 4.78 is 0. The lowest BCUT2D eigenvalue weighted by Crippen LogP contribution is -2.37. The Balaban J connectivity index is 4.43. The topological polar surface area (TPSA) is 94.8 Å². The van der Waals surface area contributed by atoms with E-state index < -0.39 is 11.5 Å². The molecule has 122 valence electrons. The lowest BCUT2D eigenvalue weighted by atomic mass is 9.76. The van der Waals surface area contributed by atoms with Crippen molar-refractivity contribution >= 4 is 11.6 Å². The van der Waals surface area contributed by atoms with Crippen molar-refractivity contribution in [1.82, 2.24) is 0 Å². The van der Waals surface area contributed by atoms with Crippen molar-refractivity contribution in [2.75, 3.05) is 6.54 Å². The molecule has 0 fully saturated rings. The second-order valence-corrected chi connectivity index (χ2v) is 7.00. The first-order valence-electron chi connectivity index (χ1n) is 7.68. The smallest absolute Gasteiger partial charge is 0.141 e. The van der Waals surface area contributed by atoms with Crippen molar-refractivity contribution in [3.63, 3.8) is 0 Å². The number of nitrogens with two attached hydrogens (primary N) is 1. The van der Waals surface area contributed by atoms with Crippen LogP contribution in [0.25, 0.3) is 5.53 Å². The Bertz CT molecular complexity index is 376. The second kappa shape index (κ2) is 8.37. The molecule has 0 rings (SSSR count). The van der Waals surface area contributed by atoms with Crippen molar-refractivity contribution in [3.05, 3.63) is 5.53 Å². The third-order valence-corrected chi connectivity index (χ3v) is 4.54. The molecule has 0 saturated heterocycles. The third-order valence-electron chi connectivity index (χ3n) is 4.54. The summed E-state index contributed by atoms with van der Waals surface area (Å²) in [6, 6.07) is -0.419. The minimum absolute atomic E-state index is 0.0249. The molecule has 0 aliphatic carbocycles. The average Bonchev–Trinajstić information content (AvgIpc) is 2.38. The van der Waals surface area contributed by atoms with E-state index in [4.69, 9.17) is 5.73 Å². The first-order chi connectivity index (χ1) is 9.59. The Morgan fingerprint density at radius 1 is 1.19 bits per heavy atom. The highest BCUT2D eigenvalue weighted by atomic mass is 16.1. The van der Waals surface area contributed by atoms with Crippen LogP contribution in [-0.2, 0) is 9.59 Å². The number of ketones is 2. The highest BCUT2D eigenvalue weighted by Gasteiger charge is 2.34. The summed E-state index contributed by atoms with van der Waals surface area (Å²) in [4.78, 5) is 23.5. The second-order valence-electron chi connectivity index (χ2n) is 7.00. The van der Waals surface area contributed by atoms with E-state index in [0.717, 1.165) is 19.3 Å². The summed E-state index contributed by atoms with van der Waals surface area (Å²) in [5, 5.41) is 3.40. The molecule has 0 aromatic carbocycles. The van der Waals surface area contributed by atoms with E-state index in [1.807, 2.05) is 13.8 Å². The largest absolute Gasteiger partial charge is 0.712 e. The normalized spacial score (nSPS) is 13.8. The molecule has 21 heavy (non-hydrogen) atoms. The van der Waals surface area contributed by atoms with Gasteiger partial charge in [-0.25, -0.2) is 0 Å². The van der Waals surface area contributed by atoms with E-state index >= 15 is 0 Å². The van der Waals surface area contributed by atoms with Gasteiger partial charge in [0.2, 0.25) is 0 Å². The number of unbranched alkanes of at least 4 members (excludes halogenated alkanes) is 1. The Morgan fingerprint density at radius 2 is 1.76 bits per heavy atom. The van der Waals surface area contributed by atoms with Crippen LogP contribution in [0.3, 0.4) is 0 Å². The Hall–Kier alpha value is -1.10. The van der Waals surface area contributed by atoms with Gasteiger partial charge in [-0.05, 0) is 26.3 Å². The number of nitrogens with zero attached hydrogens (tertiary/aromatic N) is 2. The van der Waals surface area contributed by atoms with Gasteiger partial charge in [0.15, 0.2) is 0 Å². The molecule has 5 heteroatoms. The number of hydrogen-bond acceptors (Lipinski definition) is 4. The Labute approximate surface area is 128 Å². The van der Waals surface area contributed by atoms with E-state index in [2.05, 4.69) is 5.11 Å². The zero-order valence-electron chi connectivity index (χ0n) is 14.1. The summed E-state index contributed by atoms with van der Waals surface area (Å²) in [6.45, 7) is 9.41. The molecule has 0 heterocycles. The maximum atomic E-state index is 12.1. The zero-order chi connectivity index (χ0) is 16.7. The lowest BCUT2D eigenvalue weighted by molar-refractivity contribution is -0.128. The summed E-state index contributed by atoms with van der Waals surface area (Å²) >= 11 is 0. The molecule has 1 atom stereocenters. The SMILES string of the molecule is CC(=O)C(C)(C)CCCCC(N=[N-])C(C)(C)C(=O)CCN. The van der Waals surface area contributed by atoms with E-state index in [0.29, 0.717) is 19.4 Å². The van der Waals surface area contributed by atoms with Crippen LogP contribution in [0.5, 0.6) is 0 Å². The highest BCUT2D eigenvalue weighted by Crippen LogP contribution is 2.31. The third kappa shape index (κ3) is 6.04. The van der Waals surface area contributed by atoms with Gasteiger partial charge in [0.25, 0.3) is 0 Å². The number of Topliss-reactive ketones (excluding diaryl/α,β-unsaturated/α-hetero) is 2. The summed E-state index contributed by atoms with van der Waals surface area (Å²) in [7, 11) is 0. The van der Waals surface area contributed by atoms with Gasteiger partial charge >= 0.3 is 0 Å². The molecule has 0 aromatic rings. The summed E-state index contributed by atoms with van der Waals surface area (Å²) in [6.07, 6.45) is 3.44. The molecule has 0 spiro atoms.